The summed E-state index contributed by atoms with van der Waals surface area (Å²) in [5.74, 6) is 1.30. The smallest absolute Gasteiger partial charge is 0.266 e. The molecule has 0 atom stereocenters. The Hall–Kier alpha value is -3.18. The van der Waals surface area contributed by atoms with Crippen molar-refractivity contribution in [1.82, 2.24) is 9.55 Å². The van der Waals surface area contributed by atoms with Crippen LogP contribution in [-0.4, -0.2) is 16.7 Å². The van der Waals surface area contributed by atoms with Gasteiger partial charge in [-0.25, -0.2) is 4.98 Å². The van der Waals surface area contributed by atoms with E-state index >= 15 is 0 Å². The van der Waals surface area contributed by atoms with Crippen LogP contribution in [0.4, 0.5) is 0 Å². The van der Waals surface area contributed by atoms with Crippen molar-refractivity contribution in [2.45, 2.75) is 0 Å². The van der Waals surface area contributed by atoms with Gasteiger partial charge >= 0.3 is 0 Å². The fraction of sp³-hybridized carbons (Fsp3) is 0.0435. The first kappa shape index (κ1) is 18.2. The van der Waals surface area contributed by atoms with Crippen molar-refractivity contribution in [2.24, 2.45) is 0 Å². The van der Waals surface area contributed by atoms with Gasteiger partial charge in [0, 0.05) is 4.47 Å². The SMILES string of the molecule is COc1ccc(-n2c(/C=C/c3cccc(Br)c3)nc3ccccc3c2=O)cc1. The molecule has 0 spiro atoms. The molecule has 5 heteroatoms. The average Bonchev–Trinajstić information content (AvgIpc) is 2.73. The van der Waals surface area contributed by atoms with Crippen molar-refractivity contribution in [2.75, 3.05) is 7.11 Å². The number of rotatable bonds is 4. The molecule has 0 saturated carbocycles. The number of fused-ring (bicyclic) bond motifs is 1. The van der Waals surface area contributed by atoms with Gasteiger partial charge < -0.3 is 4.74 Å². The molecule has 4 aromatic rings. The van der Waals surface area contributed by atoms with Crippen LogP contribution in [-0.2, 0) is 0 Å². The second-order valence-electron chi connectivity index (χ2n) is 6.21. The molecule has 0 amide bonds. The highest BCUT2D eigenvalue weighted by molar-refractivity contribution is 9.10. The van der Waals surface area contributed by atoms with Gasteiger partial charge in [-0.2, -0.15) is 0 Å². The summed E-state index contributed by atoms with van der Waals surface area (Å²) >= 11 is 3.48. The number of ether oxygens (including phenoxy) is 1. The van der Waals surface area contributed by atoms with Crippen LogP contribution in [0.2, 0.25) is 0 Å². The molecule has 0 bridgehead atoms. The zero-order valence-corrected chi connectivity index (χ0v) is 16.8. The number of halogens is 1. The molecule has 0 N–H and O–H groups in total. The van der Waals surface area contributed by atoms with Crippen molar-refractivity contribution in [1.29, 1.82) is 0 Å². The summed E-state index contributed by atoms with van der Waals surface area (Å²) in [5, 5.41) is 0.581. The molecular formula is C23H17BrN2O2. The molecule has 1 aromatic heterocycles. The van der Waals surface area contributed by atoms with E-state index in [1.807, 2.05) is 78.9 Å². The Bertz CT molecular complexity index is 1230. The zero-order valence-electron chi connectivity index (χ0n) is 15.2. The third-order valence-corrected chi connectivity index (χ3v) is 4.90. The predicted octanol–water partition coefficient (Wildman–Crippen LogP) is 5.33. The number of benzene rings is 3. The number of methoxy groups -OCH3 is 1. The first-order chi connectivity index (χ1) is 13.7. The van der Waals surface area contributed by atoms with Crippen LogP contribution < -0.4 is 10.3 Å². The summed E-state index contributed by atoms with van der Waals surface area (Å²) < 4.78 is 7.85. The number of hydrogen-bond acceptors (Lipinski definition) is 3. The lowest BCUT2D eigenvalue weighted by molar-refractivity contribution is 0.414. The number of aromatic nitrogens is 2. The lowest BCUT2D eigenvalue weighted by Crippen LogP contribution is -2.22. The van der Waals surface area contributed by atoms with E-state index in [2.05, 4.69) is 15.9 Å². The van der Waals surface area contributed by atoms with Gasteiger partial charge in [0.1, 0.15) is 11.6 Å². The Balaban J connectivity index is 1.91. The van der Waals surface area contributed by atoms with Gasteiger partial charge in [0.2, 0.25) is 0 Å². The van der Waals surface area contributed by atoms with Crippen LogP contribution in [0.5, 0.6) is 5.75 Å². The Morgan fingerprint density at radius 2 is 1.75 bits per heavy atom. The average molecular weight is 433 g/mol. The highest BCUT2D eigenvalue weighted by atomic mass is 79.9. The molecule has 3 aromatic carbocycles. The van der Waals surface area contributed by atoms with Crippen molar-refractivity contribution in [3.05, 3.63) is 99.0 Å². The monoisotopic (exact) mass is 432 g/mol. The van der Waals surface area contributed by atoms with Crippen LogP contribution in [0.3, 0.4) is 0 Å². The zero-order chi connectivity index (χ0) is 19.5. The third-order valence-electron chi connectivity index (χ3n) is 4.41. The van der Waals surface area contributed by atoms with E-state index in [0.29, 0.717) is 16.7 Å². The molecule has 0 fully saturated rings. The highest BCUT2D eigenvalue weighted by Gasteiger charge is 2.11. The molecule has 0 aliphatic carbocycles. The fourth-order valence-electron chi connectivity index (χ4n) is 3.02. The third kappa shape index (κ3) is 3.62. The molecule has 138 valence electrons. The summed E-state index contributed by atoms with van der Waals surface area (Å²) in [6, 6.07) is 22.7. The molecule has 0 radical (unpaired) electrons. The fourth-order valence-corrected chi connectivity index (χ4v) is 3.44. The van der Waals surface area contributed by atoms with E-state index in [-0.39, 0.29) is 5.56 Å². The predicted molar refractivity (Wildman–Crippen MR) is 117 cm³/mol. The normalized spacial score (nSPS) is 11.2. The van der Waals surface area contributed by atoms with Gasteiger partial charge in [-0.3, -0.25) is 9.36 Å². The molecule has 0 aliphatic heterocycles. The van der Waals surface area contributed by atoms with Crippen molar-refractivity contribution < 1.29 is 4.74 Å². The first-order valence-corrected chi connectivity index (χ1v) is 9.55. The van der Waals surface area contributed by atoms with Gasteiger partial charge in [0.15, 0.2) is 0 Å². The van der Waals surface area contributed by atoms with Crippen molar-refractivity contribution in [3.8, 4) is 11.4 Å². The van der Waals surface area contributed by atoms with E-state index < -0.39 is 0 Å². The minimum atomic E-state index is -0.107. The topological polar surface area (TPSA) is 44.1 Å². The highest BCUT2D eigenvalue weighted by Crippen LogP contribution is 2.19. The first-order valence-electron chi connectivity index (χ1n) is 8.75. The van der Waals surface area contributed by atoms with Gasteiger partial charge in [0.05, 0.1) is 23.7 Å². The van der Waals surface area contributed by atoms with Crippen molar-refractivity contribution in [3.63, 3.8) is 0 Å². The Morgan fingerprint density at radius 1 is 0.964 bits per heavy atom. The second-order valence-corrected chi connectivity index (χ2v) is 7.13. The van der Waals surface area contributed by atoms with Gasteiger partial charge in [-0.1, -0.05) is 46.3 Å². The maximum absolute atomic E-state index is 13.2. The quantitative estimate of drug-likeness (QED) is 0.437. The van der Waals surface area contributed by atoms with E-state index in [4.69, 9.17) is 9.72 Å². The largest absolute Gasteiger partial charge is 0.497 e. The molecule has 1 heterocycles. The Kier molecular flexibility index (Phi) is 5.08. The molecule has 4 rings (SSSR count). The van der Waals surface area contributed by atoms with Crippen LogP contribution in [0, 0.1) is 0 Å². The lowest BCUT2D eigenvalue weighted by Gasteiger charge is -2.12. The van der Waals surface area contributed by atoms with Gasteiger partial charge in [0.25, 0.3) is 5.56 Å². The Labute approximate surface area is 170 Å². The molecular weight excluding hydrogens is 416 g/mol. The standard InChI is InChI=1S/C23H17BrN2O2/c1-28-19-12-10-18(11-13-19)26-22(14-9-16-5-4-6-17(24)15-16)25-21-8-3-2-7-20(21)23(26)27/h2-15H,1H3/b14-9+. The molecule has 0 saturated heterocycles. The maximum Gasteiger partial charge on any atom is 0.266 e. The van der Waals surface area contributed by atoms with Crippen LogP contribution in [0.25, 0.3) is 28.7 Å². The molecule has 0 unspecified atom stereocenters. The van der Waals surface area contributed by atoms with Crippen LogP contribution in [0.1, 0.15) is 11.4 Å². The number of hydrogen-bond donors (Lipinski definition) is 0. The molecule has 4 nitrogen and oxygen atoms in total. The summed E-state index contributed by atoms with van der Waals surface area (Å²) in [6.45, 7) is 0. The molecule has 28 heavy (non-hydrogen) atoms. The molecule has 0 aliphatic rings. The van der Waals surface area contributed by atoms with E-state index in [9.17, 15) is 4.79 Å². The van der Waals surface area contributed by atoms with Crippen LogP contribution >= 0.6 is 15.9 Å². The summed E-state index contributed by atoms with van der Waals surface area (Å²) in [4.78, 5) is 17.9. The summed E-state index contributed by atoms with van der Waals surface area (Å²) in [6.07, 6.45) is 3.81. The van der Waals surface area contributed by atoms with E-state index in [1.165, 1.54) is 0 Å². The lowest BCUT2D eigenvalue weighted by atomic mass is 10.2. The second kappa shape index (κ2) is 7.82. The van der Waals surface area contributed by atoms with Gasteiger partial charge in [-0.05, 0) is 60.2 Å². The summed E-state index contributed by atoms with van der Waals surface area (Å²) in [5.41, 5.74) is 2.31. The number of para-hydroxylation sites is 1. The van der Waals surface area contributed by atoms with E-state index in [1.54, 1.807) is 17.7 Å². The minimum absolute atomic E-state index is 0.107. The maximum atomic E-state index is 13.2. The minimum Gasteiger partial charge on any atom is -0.497 e. The summed E-state index contributed by atoms with van der Waals surface area (Å²) in [7, 11) is 1.62. The van der Waals surface area contributed by atoms with Gasteiger partial charge in [-0.15, -0.1) is 0 Å². The van der Waals surface area contributed by atoms with Crippen LogP contribution in [0.15, 0.2) is 82.1 Å². The Morgan fingerprint density at radius 3 is 2.50 bits per heavy atom. The van der Waals surface area contributed by atoms with Crippen molar-refractivity contribution >= 4 is 39.0 Å². The number of nitrogens with zero attached hydrogens (tertiary/aromatic N) is 2. The van der Waals surface area contributed by atoms with E-state index in [0.717, 1.165) is 21.5 Å².